The molecule has 25 heavy (non-hydrogen) atoms. The lowest BCUT2D eigenvalue weighted by atomic mass is 10.2. The first kappa shape index (κ1) is 18.5. The summed E-state index contributed by atoms with van der Waals surface area (Å²) in [7, 11) is -2.90. The van der Waals surface area contributed by atoms with Crippen molar-refractivity contribution >= 4 is 44.2 Å². The van der Waals surface area contributed by atoms with Crippen molar-refractivity contribution in [2.75, 3.05) is 23.4 Å². The van der Waals surface area contributed by atoms with Gasteiger partial charge < -0.3 is 5.32 Å². The zero-order chi connectivity index (χ0) is 18.0. The molecule has 9 heteroatoms. The normalized spacial score (nSPS) is 19.4. The van der Waals surface area contributed by atoms with Gasteiger partial charge in [0, 0.05) is 11.7 Å². The van der Waals surface area contributed by atoms with Crippen molar-refractivity contribution in [3.63, 3.8) is 0 Å². The average Bonchev–Trinajstić information content (AvgIpc) is 3.07. The zero-order valence-corrected chi connectivity index (χ0v) is 16.8. The maximum absolute atomic E-state index is 11.7. The Morgan fingerprint density at radius 2 is 2.28 bits per heavy atom. The number of benzene rings is 1. The molecule has 1 fully saturated rings. The Labute approximate surface area is 157 Å². The van der Waals surface area contributed by atoms with E-state index in [1.807, 2.05) is 32.0 Å². The Morgan fingerprint density at radius 1 is 1.48 bits per heavy atom. The molecule has 0 amide bonds. The Kier molecular flexibility index (Phi) is 5.57. The lowest BCUT2D eigenvalue weighted by Crippen LogP contribution is -2.37. The van der Waals surface area contributed by atoms with Crippen molar-refractivity contribution in [2.45, 2.75) is 33.0 Å². The van der Waals surface area contributed by atoms with Crippen molar-refractivity contribution in [3.05, 3.63) is 33.8 Å². The number of aromatic nitrogens is 2. The quantitative estimate of drug-likeness (QED) is 0.754. The molecule has 1 aliphatic heterocycles. The van der Waals surface area contributed by atoms with Crippen LogP contribution in [0.5, 0.6) is 0 Å². The highest BCUT2D eigenvalue weighted by molar-refractivity contribution is 7.91. The van der Waals surface area contributed by atoms with Gasteiger partial charge in [-0.05, 0) is 49.8 Å². The van der Waals surface area contributed by atoms with E-state index in [1.165, 1.54) is 16.9 Å². The van der Waals surface area contributed by atoms with Crippen LogP contribution in [0.15, 0.2) is 24.3 Å². The molecule has 1 aromatic carbocycles. The third-order valence-corrected chi connectivity index (χ3v) is 7.30. The monoisotopic (exact) mass is 398 g/mol. The molecule has 136 valence electrons. The van der Waals surface area contributed by atoms with E-state index in [-0.39, 0.29) is 17.5 Å². The third kappa shape index (κ3) is 4.66. The summed E-state index contributed by atoms with van der Waals surface area (Å²) in [5.74, 6) is 0.503. The van der Waals surface area contributed by atoms with Gasteiger partial charge in [0.25, 0.3) is 0 Å². The van der Waals surface area contributed by atoms with Gasteiger partial charge in [0.2, 0.25) is 5.13 Å². The SMILES string of the molecule is CCN(Cn1nc(Nc2cccc(C)c2)sc1=S)[C@H]1CCS(=O)(=O)C1. The number of rotatable bonds is 6. The molecule has 0 spiro atoms. The molecule has 0 aliphatic carbocycles. The lowest BCUT2D eigenvalue weighted by molar-refractivity contribution is 0.165. The van der Waals surface area contributed by atoms with Crippen LogP contribution in [-0.2, 0) is 16.5 Å². The number of nitrogens with one attached hydrogen (secondary N) is 1. The van der Waals surface area contributed by atoms with Gasteiger partial charge in [-0.1, -0.05) is 30.4 Å². The molecular formula is C16H22N4O2S3. The fraction of sp³-hybridized carbons (Fsp3) is 0.500. The summed E-state index contributed by atoms with van der Waals surface area (Å²) < 4.78 is 25.9. The van der Waals surface area contributed by atoms with Crippen LogP contribution in [0.4, 0.5) is 10.8 Å². The minimum Gasteiger partial charge on any atom is -0.330 e. The van der Waals surface area contributed by atoms with E-state index < -0.39 is 9.84 Å². The van der Waals surface area contributed by atoms with Crippen LogP contribution in [0.3, 0.4) is 0 Å². The van der Waals surface area contributed by atoms with Crippen molar-refractivity contribution < 1.29 is 8.42 Å². The molecule has 2 aromatic rings. The van der Waals surface area contributed by atoms with Crippen molar-refractivity contribution in [1.29, 1.82) is 0 Å². The molecule has 6 nitrogen and oxygen atoms in total. The number of hydrogen-bond acceptors (Lipinski definition) is 7. The fourth-order valence-electron chi connectivity index (χ4n) is 3.00. The summed E-state index contributed by atoms with van der Waals surface area (Å²) >= 11 is 6.86. The van der Waals surface area contributed by atoms with Crippen LogP contribution in [0, 0.1) is 10.9 Å². The predicted molar refractivity (Wildman–Crippen MR) is 105 cm³/mol. The Hall–Kier alpha value is -1.29. The minimum atomic E-state index is -2.90. The lowest BCUT2D eigenvalue weighted by Gasteiger charge is -2.25. The van der Waals surface area contributed by atoms with Crippen molar-refractivity contribution in [1.82, 2.24) is 14.7 Å². The molecule has 3 rings (SSSR count). The molecule has 1 aliphatic rings. The van der Waals surface area contributed by atoms with E-state index in [9.17, 15) is 8.42 Å². The number of aryl methyl sites for hydroxylation is 1. The van der Waals surface area contributed by atoms with E-state index in [2.05, 4.69) is 21.4 Å². The van der Waals surface area contributed by atoms with Gasteiger partial charge in [-0.15, -0.1) is 5.10 Å². The summed E-state index contributed by atoms with van der Waals surface area (Å²) in [4.78, 5) is 2.14. The molecule has 1 saturated heterocycles. The highest BCUT2D eigenvalue weighted by Gasteiger charge is 2.31. The molecule has 0 bridgehead atoms. The molecule has 2 heterocycles. The summed E-state index contributed by atoms with van der Waals surface area (Å²) in [6.45, 7) is 5.36. The topological polar surface area (TPSA) is 67.2 Å². The largest absolute Gasteiger partial charge is 0.330 e. The first-order valence-corrected chi connectivity index (χ1v) is 11.3. The molecule has 0 radical (unpaired) electrons. The summed E-state index contributed by atoms with van der Waals surface area (Å²) in [5, 5.41) is 8.59. The fourth-order valence-corrected chi connectivity index (χ4v) is 5.78. The maximum atomic E-state index is 11.7. The molecule has 0 saturated carbocycles. The van der Waals surface area contributed by atoms with Crippen LogP contribution >= 0.6 is 23.6 Å². The van der Waals surface area contributed by atoms with Crippen molar-refractivity contribution in [3.8, 4) is 0 Å². The van der Waals surface area contributed by atoms with Crippen LogP contribution in [0.2, 0.25) is 0 Å². The maximum Gasteiger partial charge on any atom is 0.209 e. The van der Waals surface area contributed by atoms with E-state index >= 15 is 0 Å². The zero-order valence-electron chi connectivity index (χ0n) is 14.3. The van der Waals surface area contributed by atoms with Crippen LogP contribution < -0.4 is 5.32 Å². The Bertz CT molecular complexity index is 904. The predicted octanol–water partition coefficient (Wildman–Crippen LogP) is 3.19. The number of nitrogens with zero attached hydrogens (tertiary/aromatic N) is 3. The van der Waals surface area contributed by atoms with Gasteiger partial charge in [0.1, 0.15) is 0 Å². The van der Waals surface area contributed by atoms with Crippen LogP contribution in [0.25, 0.3) is 0 Å². The molecule has 1 N–H and O–H groups in total. The average molecular weight is 399 g/mol. The highest BCUT2D eigenvalue weighted by Crippen LogP contribution is 2.23. The number of sulfone groups is 1. The molecule has 1 aromatic heterocycles. The summed E-state index contributed by atoms with van der Waals surface area (Å²) in [6, 6.07) is 8.13. The van der Waals surface area contributed by atoms with Gasteiger partial charge in [0.15, 0.2) is 13.8 Å². The Morgan fingerprint density at radius 3 is 2.92 bits per heavy atom. The highest BCUT2D eigenvalue weighted by atomic mass is 32.2. The van der Waals surface area contributed by atoms with Gasteiger partial charge in [-0.2, -0.15) is 0 Å². The van der Waals surface area contributed by atoms with E-state index in [0.717, 1.165) is 17.4 Å². The second kappa shape index (κ2) is 7.53. The van der Waals surface area contributed by atoms with Gasteiger partial charge in [-0.25, -0.2) is 13.1 Å². The van der Waals surface area contributed by atoms with E-state index in [1.54, 1.807) is 4.68 Å². The van der Waals surface area contributed by atoms with Crippen LogP contribution in [-0.4, -0.2) is 47.2 Å². The van der Waals surface area contributed by atoms with E-state index in [4.69, 9.17) is 12.2 Å². The standard InChI is InChI=1S/C16H22N4O2S3/c1-3-19(14-7-8-25(21,22)10-14)11-20-16(23)24-15(18-20)17-13-6-4-5-12(2)9-13/h4-6,9,14H,3,7-8,10-11H2,1-2H3,(H,17,18)/t14-/m0/s1. The second-order valence-electron chi connectivity index (χ2n) is 6.27. The molecule has 0 unspecified atom stereocenters. The summed E-state index contributed by atoms with van der Waals surface area (Å²) in [5.41, 5.74) is 2.15. The van der Waals surface area contributed by atoms with Gasteiger partial charge in [0.05, 0.1) is 18.2 Å². The Balaban J connectivity index is 1.72. The van der Waals surface area contributed by atoms with Gasteiger partial charge >= 0.3 is 0 Å². The first-order valence-electron chi connectivity index (χ1n) is 8.22. The first-order chi connectivity index (χ1) is 11.9. The smallest absolute Gasteiger partial charge is 0.209 e. The number of hydrogen-bond donors (Lipinski definition) is 1. The van der Waals surface area contributed by atoms with Crippen molar-refractivity contribution in [2.24, 2.45) is 0 Å². The molecular weight excluding hydrogens is 376 g/mol. The molecule has 1 atom stereocenters. The third-order valence-electron chi connectivity index (χ3n) is 4.32. The van der Waals surface area contributed by atoms with E-state index in [0.29, 0.717) is 17.0 Å². The second-order valence-corrected chi connectivity index (χ2v) is 10.1. The van der Waals surface area contributed by atoms with Crippen LogP contribution in [0.1, 0.15) is 18.9 Å². The number of anilines is 2. The summed E-state index contributed by atoms with van der Waals surface area (Å²) in [6.07, 6.45) is 0.683. The van der Waals surface area contributed by atoms with Gasteiger partial charge in [-0.3, -0.25) is 4.90 Å². The minimum absolute atomic E-state index is 0.0479.